The van der Waals surface area contributed by atoms with E-state index >= 15 is 0 Å². The molecule has 0 saturated heterocycles. The summed E-state index contributed by atoms with van der Waals surface area (Å²) in [5, 5.41) is 11.1. The average molecular weight is 445 g/mol. The van der Waals surface area contributed by atoms with Crippen LogP contribution in [0.5, 0.6) is 0 Å². The third-order valence-corrected chi connectivity index (χ3v) is 11.1. The lowest BCUT2D eigenvalue weighted by Crippen LogP contribution is -2.69. The number of ether oxygens (including phenoxy) is 2. The molecule has 5 aliphatic rings. The summed E-state index contributed by atoms with van der Waals surface area (Å²) in [6, 6.07) is 0. The van der Waals surface area contributed by atoms with Crippen molar-refractivity contribution in [1.29, 1.82) is 0 Å². The Morgan fingerprint density at radius 3 is 2.41 bits per heavy atom. The second kappa shape index (κ2) is 6.84. The van der Waals surface area contributed by atoms with E-state index in [9.17, 15) is 14.7 Å². The number of esters is 2. The lowest BCUT2D eigenvalue weighted by molar-refractivity contribution is -0.258. The van der Waals surface area contributed by atoms with E-state index in [-0.39, 0.29) is 34.8 Å². The summed E-state index contributed by atoms with van der Waals surface area (Å²) in [5.41, 5.74) is 0.649. The van der Waals surface area contributed by atoms with E-state index in [2.05, 4.69) is 34.6 Å². The van der Waals surface area contributed by atoms with Gasteiger partial charge in [0.05, 0.1) is 6.10 Å². The Morgan fingerprint density at radius 1 is 1.03 bits per heavy atom. The Kier molecular flexibility index (Phi) is 4.79. The van der Waals surface area contributed by atoms with Gasteiger partial charge in [0.2, 0.25) is 0 Å². The predicted molar refractivity (Wildman–Crippen MR) is 120 cm³/mol. The van der Waals surface area contributed by atoms with E-state index in [0.717, 1.165) is 12.8 Å². The zero-order valence-corrected chi connectivity index (χ0v) is 20.6. The van der Waals surface area contributed by atoms with Crippen molar-refractivity contribution in [2.45, 2.75) is 105 Å². The van der Waals surface area contributed by atoms with Crippen molar-refractivity contribution >= 4 is 11.9 Å². The van der Waals surface area contributed by atoms with Crippen molar-refractivity contribution in [2.24, 2.45) is 39.4 Å². The number of fused-ring (bicyclic) bond motifs is 7. The molecule has 4 aliphatic carbocycles. The molecule has 0 aromatic heterocycles. The molecule has 32 heavy (non-hydrogen) atoms. The summed E-state index contributed by atoms with van der Waals surface area (Å²) in [4.78, 5) is 24.5. The fourth-order valence-corrected chi connectivity index (χ4v) is 9.84. The summed E-state index contributed by atoms with van der Waals surface area (Å²) < 4.78 is 11.9. The first-order valence-corrected chi connectivity index (χ1v) is 12.6. The minimum Gasteiger partial charge on any atom is -0.462 e. The molecule has 5 heteroatoms. The molecule has 5 rings (SSSR count). The molecule has 1 N–H and O–H groups in total. The molecule has 0 aromatic carbocycles. The maximum atomic E-state index is 12.3. The van der Waals surface area contributed by atoms with Crippen molar-refractivity contribution in [3.63, 3.8) is 0 Å². The minimum absolute atomic E-state index is 0.00553. The number of carbonyl (C=O) groups excluding carboxylic acids is 2. The van der Waals surface area contributed by atoms with Crippen LogP contribution in [0.2, 0.25) is 0 Å². The van der Waals surface area contributed by atoms with Gasteiger partial charge in [-0.1, -0.05) is 41.0 Å². The maximum Gasteiger partial charge on any atom is 0.331 e. The van der Waals surface area contributed by atoms with E-state index in [1.54, 1.807) is 0 Å². The van der Waals surface area contributed by atoms with Crippen molar-refractivity contribution < 1.29 is 24.2 Å². The van der Waals surface area contributed by atoms with Crippen LogP contribution in [0.3, 0.4) is 0 Å². The molecule has 0 aromatic rings. The number of carbonyl (C=O) groups is 2. The summed E-state index contributed by atoms with van der Waals surface area (Å²) in [6.45, 7) is 13.4. The third-order valence-electron chi connectivity index (χ3n) is 11.1. The van der Waals surface area contributed by atoms with E-state index < -0.39 is 17.6 Å². The molecule has 0 amide bonds. The Bertz CT molecular complexity index is 875. The first kappa shape index (κ1) is 22.4. The molecule has 0 unspecified atom stereocenters. The fourth-order valence-electron chi connectivity index (χ4n) is 9.84. The standard InChI is InChI=1S/C27H40O5/c1-15(28)31-21-14-19-25(4)10-7-9-24(2,3)18(25)8-11-26(19,5)20-13-17(29)16-12-22(30)32-23(16)27(20,21)6/h12,17-21,23,29H,7-11,13-14H2,1-6H3/t17-,18-,19+,20-,21-,23-,25-,26+,27+/m0/s1. The zero-order chi connectivity index (χ0) is 23.3. The molecule has 1 aliphatic heterocycles. The summed E-state index contributed by atoms with van der Waals surface area (Å²) in [6.07, 6.45) is 7.40. The number of hydrogen-bond donors (Lipinski definition) is 1. The van der Waals surface area contributed by atoms with Gasteiger partial charge in [-0.15, -0.1) is 0 Å². The van der Waals surface area contributed by atoms with Crippen LogP contribution in [-0.2, 0) is 19.1 Å². The number of hydrogen-bond acceptors (Lipinski definition) is 5. The SMILES string of the molecule is CC(=O)O[C@H]1C[C@@H]2[C@@]3(C)CCCC(C)(C)[C@@H]3CC[C@@]2(C)[C@@H]2C[C@H](O)C3=CC(=O)O[C@@H]3[C@@]12C. The van der Waals surface area contributed by atoms with Crippen LogP contribution in [0.1, 0.15) is 86.5 Å². The highest BCUT2D eigenvalue weighted by Crippen LogP contribution is 2.73. The van der Waals surface area contributed by atoms with Crippen molar-refractivity contribution in [3.05, 3.63) is 11.6 Å². The van der Waals surface area contributed by atoms with E-state index in [4.69, 9.17) is 9.47 Å². The molecule has 0 spiro atoms. The first-order valence-electron chi connectivity index (χ1n) is 12.6. The quantitative estimate of drug-likeness (QED) is 0.588. The Labute approximate surface area is 192 Å². The Hall–Kier alpha value is -1.36. The summed E-state index contributed by atoms with van der Waals surface area (Å²) >= 11 is 0. The van der Waals surface area contributed by atoms with Crippen LogP contribution in [0.15, 0.2) is 11.6 Å². The minimum atomic E-state index is -0.675. The molecule has 5 nitrogen and oxygen atoms in total. The third kappa shape index (κ3) is 2.78. The van der Waals surface area contributed by atoms with Crippen LogP contribution in [-0.4, -0.2) is 35.4 Å². The van der Waals surface area contributed by atoms with E-state index in [0.29, 0.717) is 29.2 Å². The van der Waals surface area contributed by atoms with Crippen LogP contribution in [0, 0.1) is 39.4 Å². The zero-order valence-electron chi connectivity index (χ0n) is 20.6. The van der Waals surface area contributed by atoms with Crippen molar-refractivity contribution in [1.82, 2.24) is 0 Å². The van der Waals surface area contributed by atoms with E-state index in [1.807, 2.05) is 0 Å². The van der Waals surface area contributed by atoms with Gasteiger partial charge >= 0.3 is 11.9 Å². The van der Waals surface area contributed by atoms with Gasteiger partial charge in [0, 0.05) is 24.0 Å². The largest absolute Gasteiger partial charge is 0.462 e. The molecule has 4 fully saturated rings. The second-order valence-corrected chi connectivity index (χ2v) is 13.0. The van der Waals surface area contributed by atoms with Crippen LogP contribution < -0.4 is 0 Å². The van der Waals surface area contributed by atoms with Gasteiger partial charge < -0.3 is 14.6 Å². The first-order chi connectivity index (χ1) is 14.8. The average Bonchev–Trinajstić information content (AvgIpc) is 3.08. The normalized spacial score (nSPS) is 51.3. The fraction of sp³-hybridized carbons (Fsp3) is 0.852. The lowest BCUT2D eigenvalue weighted by atomic mass is 9.35. The predicted octanol–water partition coefficient (Wildman–Crippen LogP) is 4.81. The second-order valence-electron chi connectivity index (χ2n) is 13.0. The van der Waals surface area contributed by atoms with Gasteiger partial charge in [-0.25, -0.2) is 4.79 Å². The van der Waals surface area contributed by atoms with Crippen molar-refractivity contribution in [3.8, 4) is 0 Å². The maximum absolute atomic E-state index is 12.3. The van der Waals surface area contributed by atoms with Gasteiger partial charge in [0.15, 0.2) is 0 Å². The highest BCUT2D eigenvalue weighted by Gasteiger charge is 2.71. The number of rotatable bonds is 1. The highest BCUT2D eigenvalue weighted by atomic mass is 16.6. The monoisotopic (exact) mass is 444 g/mol. The smallest absolute Gasteiger partial charge is 0.331 e. The number of aliphatic hydroxyl groups is 1. The Morgan fingerprint density at radius 2 is 1.72 bits per heavy atom. The molecule has 9 atom stereocenters. The van der Waals surface area contributed by atoms with Gasteiger partial charge in [-0.2, -0.15) is 0 Å². The van der Waals surface area contributed by atoms with Crippen LogP contribution in [0.4, 0.5) is 0 Å². The molecular weight excluding hydrogens is 404 g/mol. The van der Waals surface area contributed by atoms with Gasteiger partial charge in [0.25, 0.3) is 0 Å². The van der Waals surface area contributed by atoms with E-state index in [1.165, 1.54) is 38.7 Å². The summed E-state index contributed by atoms with van der Waals surface area (Å²) in [5.74, 6) is 0.512. The lowest BCUT2D eigenvalue weighted by Gasteiger charge is -2.70. The summed E-state index contributed by atoms with van der Waals surface area (Å²) in [7, 11) is 0. The topological polar surface area (TPSA) is 72.8 Å². The molecule has 0 radical (unpaired) electrons. The van der Waals surface area contributed by atoms with Gasteiger partial charge in [-0.05, 0) is 72.5 Å². The molecule has 4 saturated carbocycles. The van der Waals surface area contributed by atoms with Gasteiger partial charge in [-0.3, -0.25) is 4.79 Å². The van der Waals surface area contributed by atoms with Crippen LogP contribution in [0.25, 0.3) is 0 Å². The number of aliphatic hydroxyl groups excluding tert-OH is 1. The molecule has 1 heterocycles. The molecular formula is C27H40O5. The Balaban J connectivity index is 1.63. The van der Waals surface area contributed by atoms with Crippen LogP contribution >= 0.6 is 0 Å². The van der Waals surface area contributed by atoms with Gasteiger partial charge in [0.1, 0.15) is 12.2 Å². The molecule has 0 bridgehead atoms. The van der Waals surface area contributed by atoms with Crippen molar-refractivity contribution in [2.75, 3.05) is 0 Å². The molecule has 178 valence electrons. The highest BCUT2D eigenvalue weighted by molar-refractivity contribution is 5.86.